The monoisotopic (exact) mass is 311 g/mol. The van der Waals surface area contributed by atoms with Gasteiger partial charge in [-0.1, -0.05) is 19.9 Å². The molecule has 1 amide bonds. The Morgan fingerprint density at radius 1 is 1.28 bits per heavy atom. The number of nitrogens with zero attached hydrogens (tertiary/aromatic N) is 1. The molecule has 0 bridgehead atoms. The van der Waals surface area contributed by atoms with E-state index in [0.717, 1.165) is 22.1 Å². The number of aryl methyl sites for hydroxylation is 1. The number of carbonyl (C=O) groups is 1. The Morgan fingerprint density at radius 2 is 1.89 bits per heavy atom. The molecule has 1 aromatic carbocycles. The van der Waals surface area contributed by atoms with Gasteiger partial charge in [0.1, 0.15) is 0 Å². The van der Waals surface area contributed by atoms with Crippen LogP contribution in [0.3, 0.4) is 0 Å². The Kier molecular flexibility index (Phi) is 5.39. The number of halogens is 1. The molecule has 3 heteroatoms. The summed E-state index contributed by atoms with van der Waals surface area (Å²) in [6.07, 6.45) is 0. The second-order valence-corrected chi connectivity index (χ2v) is 6.28. The molecule has 0 aromatic heterocycles. The third-order valence-electron chi connectivity index (χ3n) is 2.80. The van der Waals surface area contributed by atoms with Crippen LogP contribution in [-0.2, 0) is 0 Å². The molecular weight excluding hydrogens is 290 g/mol. The van der Waals surface area contributed by atoms with Gasteiger partial charge in [-0.05, 0) is 60.3 Å². The summed E-state index contributed by atoms with van der Waals surface area (Å²) < 4.78 is 0.877. The van der Waals surface area contributed by atoms with Crippen LogP contribution in [0.25, 0.3) is 0 Å². The van der Waals surface area contributed by atoms with Gasteiger partial charge in [-0.3, -0.25) is 4.79 Å². The molecule has 18 heavy (non-hydrogen) atoms. The summed E-state index contributed by atoms with van der Waals surface area (Å²) in [5.74, 6) is 0.575. The van der Waals surface area contributed by atoms with E-state index in [2.05, 4.69) is 43.6 Å². The number of amides is 1. The third-order valence-corrected chi connectivity index (χ3v) is 3.46. The van der Waals surface area contributed by atoms with Crippen LogP contribution in [0, 0.1) is 12.8 Å². The fourth-order valence-corrected chi connectivity index (χ4v) is 2.53. The second-order valence-electron chi connectivity index (χ2n) is 5.43. The third kappa shape index (κ3) is 3.84. The minimum absolute atomic E-state index is 0.102. The van der Waals surface area contributed by atoms with Crippen molar-refractivity contribution in [2.75, 3.05) is 6.54 Å². The lowest BCUT2D eigenvalue weighted by Gasteiger charge is -2.29. The molecule has 0 radical (unpaired) electrons. The van der Waals surface area contributed by atoms with Crippen LogP contribution in [0.4, 0.5) is 0 Å². The van der Waals surface area contributed by atoms with E-state index in [-0.39, 0.29) is 11.9 Å². The standard InChI is InChI=1S/C15H22BrNO/c1-10(2)9-17(11(3)4)15(18)13-7-6-12(5)8-14(13)16/h6-8,10-11H,9H2,1-5H3. The van der Waals surface area contributed by atoms with E-state index >= 15 is 0 Å². The van der Waals surface area contributed by atoms with Crippen molar-refractivity contribution < 1.29 is 4.79 Å². The van der Waals surface area contributed by atoms with Gasteiger partial charge in [0.15, 0.2) is 0 Å². The molecule has 0 aliphatic heterocycles. The first-order chi connectivity index (χ1) is 8.32. The molecule has 0 aliphatic rings. The maximum Gasteiger partial charge on any atom is 0.255 e. The highest BCUT2D eigenvalue weighted by Crippen LogP contribution is 2.21. The average Bonchev–Trinajstić information content (AvgIpc) is 2.24. The fourth-order valence-electron chi connectivity index (χ4n) is 1.87. The van der Waals surface area contributed by atoms with Gasteiger partial charge in [-0.2, -0.15) is 0 Å². The van der Waals surface area contributed by atoms with Crippen molar-refractivity contribution in [3.8, 4) is 0 Å². The quantitative estimate of drug-likeness (QED) is 0.813. The number of hydrogen-bond acceptors (Lipinski definition) is 1. The SMILES string of the molecule is Cc1ccc(C(=O)N(CC(C)C)C(C)C)c(Br)c1. The van der Waals surface area contributed by atoms with Gasteiger partial charge in [0.05, 0.1) is 5.56 Å². The summed E-state index contributed by atoms with van der Waals surface area (Å²) in [5, 5.41) is 0. The summed E-state index contributed by atoms with van der Waals surface area (Å²) in [7, 11) is 0. The van der Waals surface area contributed by atoms with Gasteiger partial charge in [-0.25, -0.2) is 0 Å². The molecule has 0 heterocycles. The summed E-state index contributed by atoms with van der Waals surface area (Å²) in [6, 6.07) is 6.08. The molecule has 0 saturated heterocycles. The first-order valence-corrected chi connectivity index (χ1v) is 7.19. The first kappa shape index (κ1) is 15.2. The van der Waals surface area contributed by atoms with Crippen molar-refractivity contribution in [2.24, 2.45) is 5.92 Å². The van der Waals surface area contributed by atoms with E-state index in [4.69, 9.17) is 0 Å². The normalized spacial score (nSPS) is 11.1. The molecule has 0 saturated carbocycles. The van der Waals surface area contributed by atoms with Gasteiger partial charge in [0.25, 0.3) is 5.91 Å². The zero-order valence-electron chi connectivity index (χ0n) is 11.8. The van der Waals surface area contributed by atoms with E-state index < -0.39 is 0 Å². The Balaban J connectivity index is 3.02. The van der Waals surface area contributed by atoms with Gasteiger partial charge >= 0.3 is 0 Å². The van der Waals surface area contributed by atoms with Gasteiger partial charge < -0.3 is 4.90 Å². The minimum atomic E-state index is 0.102. The molecule has 0 unspecified atom stereocenters. The molecule has 0 aliphatic carbocycles. The Bertz CT molecular complexity index is 427. The molecular formula is C15H22BrNO. The van der Waals surface area contributed by atoms with Crippen molar-refractivity contribution in [1.82, 2.24) is 4.90 Å². The van der Waals surface area contributed by atoms with Crippen molar-refractivity contribution in [1.29, 1.82) is 0 Å². The largest absolute Gasteiger partial charge is 0.336 e. The zero-order valence-corrected chi connectivity index (χ0v) is 13.4. The number of benzene rings is 1. The topological polar surface area (TPSA) is 20.3 Å². The van der Waals surface area contributed by atoms with Crippen LogP contribution in [0.5, 0.6) is 0 Å². The number of rotatable bonds is 4. The summed E-state index contributed by atoms with van der Waals surface area (Å²) in [4.78, 5) is 14.5. The molecule has 0 atom stereocenters. The van der Waals surface area contributed by atoms with Crippen LogP contribution in [0.15, 0.2) is 22.7 Å². The van der Waals surface area contributed by atoms with E-state index in [0.29, 0.717) is 5.92 Å². The van der Waals surface area contributed by atoms with E-state index in [9.17, 15) is 4.79 Å². The van der Waals surface area contributed by atoms with Crippen molar-refractivity contribution in [2.45, 2.75) is 40.7 Å². The van der Waals surface area contributed by atoms with Crippen LogP contribution in [0.2, 0.25) is 0 Å². The smallest absolute Gasteiger partial charge is 0.255 e. The van der Waals surface area contributed by atoms with Crippen LogP contribution in [-0.4, -0.2) is 23.4 Å². The zero-order chi connectivity index (χ0) is 13.9. The van der Waals surface area contributed by atoms with Crippen LogP contribution in [0.1, 0.15) is 43.6 Å². The van der Waals surface area contributed by atoms with E-state index in [1.165, 1.54) is 0 Å². The second kappa shape index (κ2) is 6.37. The average molecular weight is 312 g/mol. The molecule has 100 valence electrons. The molecule has 2 nitrogen and oxygen atoms in total. The van der Waals surface area contributed by atoms with Crippen LogP contribution < -0.4 is 0 Å². The minimum Gasteiger partial charge on any atom is -0.336 e. The Labute approximate surface area is 119 Å². The highest BCUT2D eigenvalue weighted by atomic mass is 79.9. The highest BCUT2D eigenvalue weighted by Gasteiger charge is 2.21. The van der Waals surface area contributed by atoms with Gasteiger partial charge in [0, 0.05) is 17.1 Å². The van der Waals surface area contributed by atoms with Crippen molar-refractivity contribution in [3.63, 3.8) is 0 Å². The van der Waals surface area contributed by atoms with Crippen LogP contribution >= 0.6 is 15.9 Å². The first-order valence-electron chi connectivity index (χ1n) is 6.40. The highest BCUT2D eigenvalue weighted by molar-refractivity contribution is 9.10. The Morgan fingerprint density at radius 3 is 2.33 bits per heavy atom. The maximum absolute atomic E-state index is 12.5. The molecule has 1 aromatic rings. The lowest BCUT2D eigenvalue weighted by Crippen LogP contribution is -2.39. The molecule has 0 spiro atoms. The van der Waals surface area contributed by atoms with Gasteiger partial charge in [0.2, 0.25) is 0 Å². The number of hydrogen-bond donors (Lipinski definition) is 0. The molecule has 1 rings (SSSR count). The number of carbonyl (C=O) groups excluding carboxylic acids is 1. The van der Waals surface area contributed by atoms with Crippen molar-refractivity contribution >= 4 is 21.8 Å². The van der Waals surface area contributed by atoms with Gasteiger partial charge in [-0.15, -0.1) is 0 Å². The van der Waals surface area contributed by atoms with Crippen molar-refractivity contribution in [3.05, 3.63) is 33.8 Å². The predicted octanol–water partition coefficient (Wildman–Crippen LogP) is 4.26. The molecule has 0 N–H and O–H groups in total. The van der Waals surface area contributed by atoms with E-state index in [1.54, 1.807) is 0 Å². The Hall–Kier alpha value is -0.830. The van der Waals surface area contributed by atoms with E-state index in [1.807, 2.05) is 30.0 Å². The lowest BCUT2D eigenvalue weighted by atomic mass is 10.1. The molecule has 0 fully saturated rings. The fraction of sp³-hybridized carbons (Fsp3) is 0.533. The summed E-state index contributed by atoms with van der Waals surface area (Å²) in [6.45, 7) is 11.2. The lowest BCUT2D eigenvalue weighted by molar-refractivity contribution is 0.0681. The predicted molar refractivity (Wildman–Crippen MR) is 79.9 cm³/mol. The maximum atomic E-state index is 12.5. The summed E-state index contributed by atoms with van der Waals surface area (Å²) in [5.41, 5.74) is 1.90. The summed E-state index contributed by atoms with van der Waals surface area (Å²) >= 11 is 3.48.